The molecule has 0 fully saturated rings. The number of hydrogen-bond acceptors (Lipinski definition) is 6. The van der Waals surface area contributed by atoms with Crippen LogP contribution in [0.25, 0.3) is 0 Å². The van der Waals surface area contributed by atoms with E-state index in [1.807, 2.05) is 54.6 Å². The van der Waals surface area contributed by atoms with Crippen molar-refractivity contribution in [3.8, 4) is 5.75 Å². The summed E-state index contributed by atoms with van der Waals surface area (Å²) in [5, 5.41) is 15.3. The highest BCUT2D eigenvalue weighted by atomic mass is 16.5. The molecule has 204 valence electrons. The zero-order valence-corrected chi connectivity index (χ0v) is 21.8. The van der Waals surface area contributed by atoms with Gasteiger partial charge in [-0.15, -0.1) is 13.2 Å². The van der Waals surface area contributed by atoms with Gasteiger partial charge in [-0.3, -0.25) is 14.4 Å². The van der Waals surface area contributed by atoms with Crippen LogP contribution in [-0.2, 0) is 32.1 Å². The topological polar surface area (TPSA) is 114 Å². The first-order valence-electron chi connectivity index (χ1n) is 12.8. The fourth-order valence-corrected chi connectivity index (χ4v) is 3.68. The number of aliphatic hydroxyl groups excluding tert-OH is 1. The van der Waals surface area contributed by atoms with Gasteiger partial charge in [-0.2, -0.15) is 0 Å². The first-order valence-corrected chi connectivity index (χ1v) is 12.8. The highest BCUT2D eigenvalue weighted by Crippen LogP contribution is 2.16. The number of amides is 2. The van der Waals surface area contributed by atoms with Gasteiger partial charge in [0.05, 0.1) is 25.1 Å². The summed E-state index contributed by atoms with van der Waals surface area (Å²) in [6.45, 7) is 7.65. The molecule has 2 atom stereocenters. The second-order valence-electron chi connectivity index (χ2n) is 8.83. The molecule has 0 saturated carbocycles. The predicted octanol–water partition coefficient (Wildman–Crippen LogP) is 3.49. The van der Waals surface area contributed by atoms with Gasteiger partial charge in [0, 0.05) is 12.8 Å². The quantitative estimate of drug-likeness (QED) is 0.157. The Balaban J connectivity index is 1.78. The van der Waals surface area contributed by atoms with Crippen molar-refractivity contribution < 1.29 is 29.0 Å². The fourth-order valence-electron chi connectivity index (χ4n) is 3.68. The van der Waals surface area contributed by atoms with Gasteiger partial charge >= 0.3 is 5.97 Å². The molecule has 0 aliphatic rings. The molecule has 0 unspecified atom stereocenters. The largest absolute Gasteiger partial charge is 0.489 e. The van der Waals surface area contributed by atoms with E-state index < -0.39 is 12.0 Å². The van der Waals surface area contributed by atoms with Gasteiger partial charge in [-0.25, -0.2) is 0 Å². The molecule has 2 amide bonds. The molecule has 0 aromatic heterocycles. The van der Waals surface area contributed by atoms with Crippen molar-refractivity contribution in [2.24, 2.45) is 5.92 Å². The molecule has 8 nitrogen and oxygen atoms in total. The van der Waals surface area contributed by atoms with Crippen molar-refractivity contribution in [3.63, 3.8) is 0 Å². The van der Waals surface area contributed by atoms with Gasteiger partial charge in [0.15, 0.2) is 0 Å². The molecule has 2 rings (SSSR count). The van der Waals surface area contributed by atoms with E-state index in [2.05, 4.69) is 23.8 Å². The van der Waals surface area contributed by atoms with Gasteiger partial charge in [0.1, 0.15) is 19.0 Å². The van der Waals surface area contributed by atoms with Crippen LogP contribution in [0, 0.1) is 5.92 Å². The van der Waals surface area contributed by atoms with Crippen LogP contribution >= 0.6 is 0 Å². The molecular formula is C30H38N2O6. The Bertz CT molecular complexity index is 1020. The van der Waals surface area contributed by atoms with Crippen LogP contribution < -0.4 is 15.4 Å². The number of carbonyl (C=O) groups excluding carboxylic acids is 3. The van der Waals surface area contributed by atoms with Crippen LogP contribution in [0.1, 0.15) is 36.8 Å². The minimum atomic E-state index is -0.621. The second-order valence-corrected chi connectivity index (χ2v) is 8.83. The van der Waals surface area contributed by atoms with E-state index in [4.69, 9.17) is 9.47 Å². The standard InChI is InChI=1S/C30H38N2O6/c1-3-5-12-29(35)37-18-17-31-30(36)25(9-4-2)20-28(34)32-26(21-33)19-23-13-15-27(16-14-23)38-22-24-10-7-6-8-11-24/h3-4,6-8,10-11,13-16,25-26,33H,1-2,5,9,12,17-22H2,(H,31,36)(H,32,34)/t25-,26+/m1/s1. The van der Waals surface area contributed by atoms with Gasteiger partial charge in [-0.1, -0.05) is 54.6 Å². The van der Waals surface area contributed by atoms with Crippen molar-refractivity contribution in [1.82, 2.24) is 10.6 Å². The predicted molar refractivity (Wildman–Crippen MR) is 146 cm³/mol. The summed E-state index contributed by atoms with van der Waals surface area (Å²) >= 11 is 0. The summed E-state index contributed by atoms with van der Waals surface area (Å²) in [7, 11) is 0. The summed E-state index contributed by atoms with van der Waals surface area (Å²) in [6.07, 6.45) is 4.68. The SMILES string of the molecule is C=CCCC(=O)OCCNC(=O)[C@H](CC=C)CC(=O)N[C@H](CO)Cc1ccc(OCc2ccccc2)cc1. The van der Waals surface area contributed by atoms with Crippen LogP contribution in [-0.4, -0.2) is 48.7 Å². The Hall–Kier alpha value is -3.91. The Morgan fingerprint density at radius 2 is 1.71 bits per heavy atom. The maximum Gasteiger partial charge on any atom is 0.306 e. The van der Waals surface area contributed by atoms with E-state index in [1.54, 1.807) is 12.2 Å². The second kappa shape index (κ2) is 17.5. The number of esters is 1. The van der Waals surface area contributed by atoms with Gasteiger partial charge in [-0.05, 0) is 42.5 Å². The number of hydrogen-bond donors (Lipinski definition) is 3. The molecule has 2 aromatic carbocycles. The van der Waals surface area contributed by atoms with E-state index in [9.17, 15) is 19.5 Å². The van der Waals surface area contributed by atoms with Crippen LogP contribution in [0.2, 0.25) is 0 Å². The fraction of sp³-hybridized carbons (Fsp3) is 0.367. The van der Waals surface area contributed by atoms with Gasteiger partial charge < -0.3 is 25.2 Å². The molecule has 8 heteroatoms. The number of aliphatic hydroxyl groups is 1. The molecule has 0 radical (unpaired) electrons. The molecule has 0 saturated heterocycles. The zero-order chi connectivity index (χ0) is 27.6. The highest BCUT2D eigenvalue weighted by molar-refractivity contribution is 5.86. The number of ether oxygens (including phenoxy) is 2. The lowest BCUT2D eigenvalue weighted by atomic mass is 9.99. The molecule has 2 aromatic rings. The maximum absolute atomic E-state index is 12.7. The Morgan fingerprint density at radius 3 is 2.37 bits per heavy atom. The normalized spacial score (nSPS) is 12.0. The van der Waals surface area contributed by atoms with Gasteiger partial charge in [0.2, 0.25) is 11.8 Å². The minimum absolute atomic E-state index is 0.0530. The number of benzene rings is 2. The summed E-state index contributed by atoms with van der Waals surface area (Å²) in [5.41, 5.74) is 2.00. The Labute approximate surface area is 224 Å². The van der Waals surface area contributed by atoms with Crippen molar-refractivity contribution in [2.75, 3.05) is 19.8 Å². The molecule has 0 bridgehead atoms. The average molecular weight is 523 g/mol. The third-order valence-corrected chi connectivity index (χ3v) is 5.71. The average Bonchev–Trinajstić information content (AvgIpc) is 2.93. The van der Waals surface area contributed by atoms with Crippen molar-refractivity contribution in [1.29, 1.82) is 0 Å². The lowest BCUT2D eigenvalue weighted by molar-refractivity contribution is -0.144. The van der Waals surface area contributed by atoms with Crippen LogP contribution in [0.15, 0.2) is 79.9 Å². The summed E-state index contributed by atoms with van der Waals surface area (Å²) in [6, 6.07) is 16.9. The first kappa shape index (κ1) is 30.3. The molecule has 0 spiro atoms. The Morgan fingerprint density at radius 1 is 0.974 bits per heavy atom. The molecule has 0 aliphatic carbocycles. The summed E-state index contributed by atoms with van der Waals surface area (Å²) in [5.74, 6) is -0.916. The first-order chi connectivity index (χ1) is 18.4. The van der Waals surface area contributed by atoms with E-state index in [0.717, 1.165) is 16.9 Å². The van der Waals surface area contributed by atoms with Crippen LogP contribution in [0.3, 0.4) is 0 Å². The van der Waals surface area contributed by atoms with Crippen molar-refractivity contribution in [2.45, 2.75) is 44.8 Å². The third-order valence-electron chi connectivity index (χ3n) is 5.71. The summed E-state index contributed by atoms with van der Waals surface area (Å²) < 4.78 is 10.8. The summed E-state index contributed by atoms with van der Waals surface area (Å²) in [4.78, 5) is 36.7. The number of rotatable bonds is 18. The van der Waals surface area contributed by atoms with Crippen LogP contribution in [0.5, 0.6) is 5.75 Å². The molecule has 0 heterocycles. The van der Waals surface area contributed by atoms with Gasteiger partial charge in [0.25, 0.3) is 0 Å². The lowest BCUT2D eigenvalue weighted by Crippen LogP contribution is -2.42. The Kier molecular flexibility index (Phi) is 14.0. The lowest BCUT2D eigenvalue weighted by Gasteiger charge is -2.19. The smallest absolute Gasteiger partial charge is 0.306 e. The molecule has 3 N–H and O–H groups in total. The van der Waals surface area contributed by atoms with Crippen LogP contribution in [0.4, 0.5) is 0 Å². The van der Waals surface area contributed by atoms with E-state index in [-0.39, 0.29) is 50.4 Å². The van der Waals surface area contributed by atoms with E-state index in [0.29, 0.717) is 25.9 Å². The third kappa shape index (κ3) is 11.9. The van der Waals surface area contributed by atoms with E-state index >= 15 is 0 Å². The highest BCUT2D eigenvalue weighted by Gasteiger charge is 2.22. The zero-order valence-electron chi connectivity index (χ0n) is 21.8. The molecule has 0 aliphatic heterocycles. The molecule has 38 heavy (non-hydrogen) atoms. The number of allylic oxidation sites excluding steroid dienone is 2. The maximum atomic E-state index is 12.7. The number of nitrogens with one attached hydrogen (secondary N) is 2. The minimum Gasteiger partial charge on any atom is -0.489 e. The molecular weight excluding hydrogens is 484 g/mol. The monoisotopic (exact) mass is 522 g/mol. The van der Waals surface area contributed by atoms with E-state index in [1.165, 1.54) is 0 Å². The van der Waals surface area contributed by atoms with Crippen molar-refractivity contribution >= 4 is 17.8 Å². The number of carbonyl (C=O) groups is 3. The van der Waals surface area contributed by atoms with Crippen molar-refractivity contribution in [3.05, 3.63) is 91.0 Å².